The topological polar surface area (TPSA) is 25.4 Å². The molecule has 2 aromatic rings. The summed E-state index contributed by atoms with van der Waals surface area (Å²) in [5, 5.41) is 0. The lowest BCUT2D eigenvalue weighted by molar-refractivity contribution is 0.221. The number of anilines is 1. The van der Waals surface area contributed by atoms with Gasteiger partial charge < -0.3 is 9.64 Å². The predicted octanol–water partition coefficient (Wildman–Crippen LogP) is 5.05. The third-order valence-electron chi connectivity index (χ3n) is 4.77. The van der Waals surface area contributed by atoms with Crippen molar-refractivity contribution in [2.24, 2.45) is 11.8 Å². The van der Waals surface area contributed by atoms with Crippen LogP contribution in [-0.2, 0) is 13.1 Å². The minimum atomic E-state index is 0.615. The molecule has 0 bridgehead atoms. The second kappa shape index (κ2) is 7.69. The molecular weight excluding hydrogens is 296 g/mol. The second-order valence-corrected chi connectivity index (χ2v) is 7.22. The molecule has 1 unspecified atom stereocenters. The van der Waals surface area contributed by atoms with Crippen molar-refractivity contribution < 1.29 is 4.74 Å². The molecule has 3 nitrogen and oxygen atoms in total. The van der Waals surface area contributed by atoms with Gasteiger partial charge in [0.25, 0.3) is 0 Å². The predicted molar refractivity (Wildman–Crippen MR) is 99.3 cm³/mol. The largest absolute Gasteiger partial charge is 0.492 e. The van der Waals surface area contributed by atoms with E-state index in [2.05, 4.69) is 61.0 Å². The zero-order valence-electron chi connectivity index (χ0n) is 15.0. The zero-order chi connectivity index (χ0) is 16.9. The fraction of sp³-hybridized carbons (Fsp3) is 0.476. The van der Waals surface area contributed by atoms with Crippen molar-refractivity contribution in [3.63, 3.8) is 0 Å². The molecule has 2 heterocycles. The van der Waals surface area contributed by atoms with Crippen LogP contribution in [0.25, 0.3) is 0 Å². The maximum Gasteiger partial charge on any atom is 0.139 e. The van der Waals surface area contributed by atoms with Crippen molar-refractivity contribution >= 4 is 5.69 Å². The van der Waals surface area contributed by atoms with Crippen LogP contribution in [0.1, 0.15) is 44.7 Å². The van der Waals surface area contributed by atoms with Crippen LogP contribution in [-0.4, -0.2) is 11.6 Å². The summed E-state index contributed by atoms with van der Waals surface area (Å²) in [5.74, 6) is 2.21. The van der Waals surface area contributed by atoms with Gasteiger partial charge in [-0.3, -0.25) is 4.98 Å². The Morgan fingerprint density at radius 3 is 2.46 bits per heavy atom. The highest BCUT2D eigenvalue weighted by Gasteiger charge is 2.19. The molecule has 0 aliphatic carbocycles. The molecule has 1 aromatic carbocycles. The fourth-order valence-corrected chi connectivity index (χ4v) is 3.41. The minimum absolute atomic E-state index is 0.615. The normalized spacial score (nSPS) is 14.8. The molecule has 0 N–H and O–H groups in total. The van der Waals surface area contributed by atoms with Gasteiger partial charge in [-0.25, -0.2) is 0 Å². The molecule has 3 heteroatoms. The Morgan fingerprint density at radius 1 is 1.12 bits per heavy atom. The van der Waals surface area contributed by atoms with Crippen molar-refractivity contribution in [1.82, 2.24) is 4.98 Å². The van der Waals surface area contributed by atoms with Gasteiger partial charge in [0.2, 0.25) is 0 Å². The Kier molecular flexibility index (Phi) is 5.39. The summed E-state index contributed by atoms with van der Waals surface area (Å²) >= 11 is 0. The van der Waals surface area contributed by atoms with Gasteiger partial charge in [0.15, 0.2) is 0 Å². The van der Waals surface area contributed by atoms with Crippen LogP contribution in [0.5, 0.6) is 5.75 Å². The Hall–Kier alpha value is -2.03. The van der Waals surface area contributed by atoms with Gasteiger partial charge in [-0.2, -0.15) is 0 Å². The zero-order valence-corrected chi connectivity index (χ0v) is 15.0. The molecule has 1 aliphatic rings. The lowest BCUT2D eigenvalue weighted by Gasteiger charge is -2.20. The molecule has 0 saturated heterocycles. The van der Waals surface area contributed by atoms with E-state index < -0.39 is 0 Å². The van der Waals surface area contributed by atoms with Crippen LogP contribution in [0.4, 0.5) is 5.69 Å². The van der Waals surface area contributed by atoms with E-state index in [1.54, 1.807) is 0 Å². The first-order chi connectivity index (χ1) is 11.7. The lowest BCUT2D eigenvalue weighted by atomic mass is 9.96. The van der Waals surface area contributed by atoms with Crippen LogP contribution in [0.3, 0.4) is 0 Å². The molecule has 24 heavy (non-hydrogen) atoms. The summed E-state index contributed by atoms with van der Waals surface area (Å²) in [5.41, 5.74) is 3.96. The number of hydrogen-bond donors (Lipinski definition) is 0. The second-order valence-electron chi connectivity index (χ2n) is 7.22. The Morgan fingerprint density at radius 2 is 1.83 bits per heavy atom. The summed E-state index contributed by atoms with van der Waals surface area (Å²) in [7, 11) is 0. The van der Waals surface area contributed by atoms with Crippen molar-refractivity contribution in [2.75, 3.05) is 11.5 Å². The quantitative estimate of drug-likeness (QED) is 0.712. The van der Waals surface area contributed by atoms with E-state index >= 15 is 0 Å². The van der Waals surface area contributed by atoms with Gasteiger partial charge in [-0.05, 0) is 29.4 Å². The first kappa shape index (κ1) is 16.8. The number of nitrogens with zero attached hydrogens (tertiary/aromatic N) is 2. The van der Waals surface area contributed by atoms with Crippen molar-refractivity contribution in [2.45, 2.75) is 46.7 Å². The first-order valence-electron chi connectivity index (χ1n) is 9.05. The first-order valence-corrected chi connectivity index (χ1v) is 9.05. The van der Waals surface area contributed by atoms with Crippen molar-refractivity contribution in [1.29, 1.82) is 0 Å². The van der Waals surface area contributed by atoms with E-state index in [1.165, 1.54) is 17.5 Å². The van der Waals surface area contributed by atoms with Crippen LogP contribution >= 0.6 is 0 Å². The summed E-state index contributed by atoms with van der Waals surface area (Å²) in [6, 6.07) is 10.8. The molecule has 128 valence electrons. The van der Waals surface area contributed by atoms with E-state index in [9.17, 15) is 0 Å². The maximum absolute atomic E-state index is 6.05. The van der Waals surface area contributed by atoms with Crippen LogP contribution in [0.15, 0.2) is 42.7 Å². The third-order valence-corrected chi connectivity index (χ3v) is 4.77. The number of pyridine rings is 1. The fourth-order valence-electron chi connectivity index (χ4n) is 3.41. The molecule has 1 aromatic heterocycles. The van der Waals surface area contributed by atoms with Crippen molar-refractivity contribution in [3.05, 3.63) is 53.9 Å². The summed E-state index contributed by atoms with van der Waals surface area (Å²) < 4.78 is 6.05. The van der Waals surface area contributed by atoms with Crippen LogP contribution in [0, 0.1) is 11.8 Å². The standard InChI is InChI=1S/C21H28N2O/c1-4-17(9-16(2)3)15-24-21-10-20(11-22-12-21)23-13-18-7-5-6-8-19(18)14-23/h5-8,10-12,16-17H,4,9,13-15H2,1-3H3. The number of rotatable bonds is 7. The number of hydrogen-bond acceptors (Lipinski definition) is 3. The molecule has 0 fully saturated rings. The third kappa shape index (κ3) is 4.08. The smallest absolute Gasteiger partial charge is 0.139 e. The van der Waals surface area contributed by atoms with Gasteiger partial charge >= 0.3 is 0 Å². The van der Waals surface area contributed by atoms with E-state index in [0.29, 0.717) is 11.8 Å². The Bertz CT molecular complexity index is 643. The number of fused-ring (bicyclic) bond motifs is 1. The van der Waals surface area contributed by atoms with Crippen LogP contribution in [0.2, 0.25) is 0 Å². The van der Waals surface area contributed by atoms with Gasteiger partial charge in [0.05, 0.1) is 24.7 Å². The number of aromatic nitrogens is 1. The number of benzene rings is 1. The van der Waals surface area contributed by atoms with E-state index in [1.807, 2.05) is 12.4 Å². The van der Waals surface area contributed by atoms with E-state index in [4.69, 9.17) is 4.74 Å². The monoisotopic (exact) mass is 324 g/mol. The summed E-state index contributed by atoms with van der Waals surface area (Å²) in [6.07, 6.45) is 6.14. The molecule has 1 atom stereocenters. The molecule has 0 radical (unpaired) electrons. The van der Waals surface area contributed by atoms with Gasteiger partial charge in [-0.1, -0.05) is 51.5 Å². The molecule has 0 spiro atoms. The molecule has 0 amide bonds. The average Bonchev–Trinajstić information content (AvgIpc) is 3.02. The van der Waals surface area contributed by atoms with E-state index in [0.717, 1.165) is 37.6 Å². The Labute approximate surface area is 145 Å². The summed E-state index contributed by atoms with van der Waals surface area (Å²) in [6.45, 7) is 9.47. The van der Waals surface area contributed by atoms with Gasteiger partial charge in [0.1, 0.15) is 5.75 Å². The minimum Gasteiger partial charge on any atom is -0.492 e. The maximum atomic E-state index is 6.05. The highest BCUT2D eigenvalue weighted by molar-refractivity contribution is 5.52. The molecule has 1 aliphatic heterocycles. The molecular formula is C21H28N2O. The molecule has 3 rings (SSSR count). The van der Waals surface area contributed by atoms with Crippen LogP contribution < -0.4 is 9.64 Å². The van der Waals surface area contributed by atoms with Gasteiger partial charge in [-0.15, -0.1) is 0 Å². The Balaban J connectivity index is 1.63. The van der Waals surface area contributed by atoms with Gasteiger partial charge in [0, 0.05) is 19.2 Å². The average molecular weight is 324 g/mol. The summed E-state index contributed by atoms with van der Waals surface area (Å²) in [4.78, 5) is 6.75. The van der Waals surface area contributed by atoms with Crippen molar-refractivity contribution in [3.8, 4) is 5.75 Å². The number of ether oxygens (including phenoxy) is 1. The molecule has 0 saturated carbocycles. The highest BCUT2D eigenvalue weighted by atomic mass is 16.5. The highest BCUT2D eigenvalue weighted by Crippen LogP contribution is 2.29. The lowest BCUT2D eigenvalue weighted by Crippen LogP contribution is -2.16. The van der Waals surface area contributed by atoms with E-state index in [-0.39, 0.29) is 0 Å². The SMILES string of the molecule is CCC(COc1cncc(N2Cc3ccccc3C2)c1)CC(C)C.